The first kappa shape index (κ1) is 22.6. The molecule has 0 fully saturated rings. The van der Waals surface area contributed by atoms with E-state index in [0.717, 1.165) is 33.2 Å². The summed E-state index contributed by atoms with van der Waals surface area (Å²) in [5.41, 5.74) is 10.3. The zero-order valence-electron chi connectivity index (χ0n) is 22.8. The van der Waals surface area contributed by atoms with Gasteiger partial charge in [0.2, 0.25) is 5.95 Å². The van der Waals surface area contributed by atoms with Gasteiger partial charge < -0.3 is 4.57 Å². The molecular weight excluding hydrogens is 500 g/mol. The Balaban J connectivity index is 1.44. The van der Waals surface area contributed by atoms with Gasteiger partial charge >= 0.3 is 0 Å². The van der Waals surface area contributed by atoms with Crippen molar-refractivity contribution in [3.8, 4) is 22.9 Å². The van der Waals surface area contributed by atoms with Gasteiger partial charge in [0.15, 0.2) is 0 Å². The molecule has 0 atom stereocenters. The van der Waals surface area contributed by atoms with Crippen LogP contribution >= 0.6 is 0 Å². The topological polar surface area (TPSA) is 35.6 Å². The van der Waals surface area contributed by atoms with Crippen LogP contribution in [0.15, 0.2) is 121 Å². The molecule has 5 aromatic carbocycles. The molecular formula is C37H26N4. The molecule has 0 unspecified atom stereocenters. The van der Waals surface area contributed by atoms with Crippen molar-refractivity contribution in [2.75, 3.05) is 0 Å². The van der Waals surface area contributed by atoms with Crippen LogP contribution in [0.2, 0.25) is 0 Å². The van der Waals surface area contributed by atoms with Crippen molar-refractivity contribution in [3.05, 3.63) is 133 Å². The van der Waals surface area contributed by atoms with E-state index in [1.54, 1.807) is 0 Å². The number of hydrogen-bond donors (Lipinski definition) is 0. The third-order valence-corrected chi connectivity index (χ3v) is 8.91. The first-order chi connectivity index (χ1) is 20.1. The summed E-state index contributed by atoms with van der Waals surface area (Å²) in [6.45, 7) is 4.66. The Labute approximate surface area is 237 Å². The van der Waals surface area contributed by atoms with Crippen molar-refractivity contribution in [2.24, 2.45) is 0 Å². The Morgan fingerprint density at radius 1 is 0.561 bits per heavy atom. The lowest BCUT2D eigenvalue weighted by Gasteiger charge is -2.18. The van der Waals surface area contributed by atoms with Crippen LogP contribution in [0.5, 0.6) is 0 Å². The fourth-order valence-corrected chi connectivity index (χ4v) is 6.98. The summed E-state index contributed by atoms with van der Waals surface area (Å²) in [5, 5.41) is 4.68. The third kappa shape index (κ3) is 2.94. The molecule has 9 rings (SSSR count). The van der Waals surface area contributed by atoms with Crippen LogP contribution in [0.1, 0.15) is 25.1 Å². The molecule has 8 aromatic rings. The molecule has 0 amide bonds. The first-order valence-electron chi connectivity index (χ1n) is 14.1. The van der Waals surface area contributed by atoms with E-state index in [4.69, 9.17) is 9.97 Å². The molecule has 0 radical (unpaired) electrons. The fraction of sp³-hybridized carbons (Fsp3) is 0.0811. The van der Waals surface area contributed by atoms with Crippen LogP contribution in [0.3, 0.4) is 0 Å². The van der Waals surface area contributed by atoms with Gasteiger partial charge in [0.05, 0.1) is 27.8 Å². The van der Waals surface area contributed by atoms with Gasteiger partial charge in [-0.1, -0.05) is 105 Å². The van der Waals surface area contributed by atoms with E-state index in [-0.39, 0.29) is 5.41 Å². The zero-order valence-corrected chi connectivity index (χ0v) is 22.8. The molecule has 0 bridgehead atoms. The van der Waals surface area contributed by atoms with E-state index >= 15 is 0 Å². The number of fused-ring (bicyclic) bond motifs is 10. The monoisotopic (exact) mass is 526 g/mol. The normalized spacial score (nSPS) is 13.8. The fourth-order valence-electron chi connectivity index (χ4n) is 6.98. The highest BCUT2D eigenvalue weighted by Crippen LogP contribution is 2.48. The first-order valence-corrected chi connectivity index (χ1v) is 14.1. The van der Waals surface area contributed by atoms with Crippen molar-refractivity contribution in [3.63, 3.8) is 0 Å². The van der Waals surface area contributed by atoms with Crippen molar-refractivity contribution in [2.45, 2.75) is 19.3 Å². The highest BCUT2D eigenvalue weighted by molar-refractivity contribution is 6.18. The second-order valence-corrected chi connectivity index (χ2v) is 11.5. The van der Waals surface area contributed by atoms with Gasteiger partial charge in [0, 0.05) is 43.9 Å². The van der Waals surface area contributed by atoms with Gasteiger partial charge in [-0.05, 0) is 35.9 Å². The molecule has 1 aliphatic heterocycles. The molecule has 4 heterocycles. The molecule has 0 aliphatic carbocycles. The standard InChI is InChI=1S/C37H26N4/c1-37(2)28-16-8-11-19-32(28)40-31-21-20-25-24-14-7-10-18-30(24)41(35(25)27(31)22-33(37)40)36-38-29-17-9-6-15-26(29)34(39-36)23-12-4-3-5-13-23/h3-22H,1-2H3. The van der Waals surface area contributed by atoms with Gasteiger partial charge in [0.1, 0.15) is 0 Å². The van der Waals surface area contributed by atoms with Gasteiger partial charge in [0.25, 0.3) is 0 Å². The molecule has 0 spiro atoms. The van der Waals surface area contributed by atoms with Crippen LogP contribution in [0, 0.1) is 0 Å². The lowest BCUT2D eigenvalue weighted by atomic mass is 9.83. The van der Waals surface area contributed by atoms with Crippen LogP contribution in [-0.4, -0.2) is 19.1 Å². The van der Waals surface area contributed by atoms with Crippen molar-refractivity contribution >= 4 is 43.6 Å². The number of aromatic nitrogens is 4. The van der Waals surface area contributed by atoms with Crippen LogP contribution < -0.4 is 0 Å². The molecule has 1 aliphatic rings. The second-order valence-electron chi connectivity index (χ2n) is 11.5. The molecule has 0 saturated carbocycles. The number of para-hydroxylation sites is 3. The smallest absolute Gasteiger partial charge is 0.235 e. The Kier molecular flexibility index (Phi) is 4.36. The van der Waals surface area contributed by atoms with Crippen molar-refractivity contribution in [1.82, 2.24) is 19.1 Å². The number of rotatable bonds is 2. The molecule has 3 aromatic heterocycles. The quantitative estimate of drug-likeness (QED) is 0.225. The summed E-state index contributed by atoms with van der Waals surface area (Å²) in [4.78, 5) is 10.5. The SMILES string of the molecule is CC1(C)c2ccccc2-n2c1cc1c2ccc2c3ccccc3n(-c3nc(-c4ccccc4)c4ccccc4n3)c21. The average molecular weight is 527 g/mol. The molecule has 0 saturated heterocycles. The van der Waals surface area contributed by atoms with Crippen molar-refractivity contribution < 1.29 is 0 Å². The molecule has 0 N–H and O–H groups in total. The Hall–Kier alpha value is -5.22. The molecule has 4 heteroatoms. The molecule has 194 valence electrons. The number of hydrogen-bond acceptors (Lipinski definition) is 2. The Morgan fingerprint density at radius 3 is 2.15 bits per heavy atom. The maximum absolute atomic E-state index is 5.29. The van der Waals surface area contributed by atoms with Crippen molar-refractivity contribution in [1.29, 1.82) is 0 Å². The maximum Gasteiger partial charge on any atom is 0.235 e. The zero-order chi connectivity index (χ0) is 27.3. The van der Waals surface area contributed by atoms with Crippen LogP contribution in [0.4, 0.5) is 0 Å². The summed E-state index contributed by atoms with van der Waals surface area (Å²) in [7, 11) is 0. The summed E-state index contributed by atoms with van der Waals surface area (Å²) in [6.07, 6.45) is 0. The van der Waals surface area contributed by atoms with Gasteiger partial charge in [-0.15, -0.1) is 0 Å². The average Bonchev–Trinajstić information content (AvgIpc) is 3.64. The summed E-state index contributed by atoms with van der Waals surface area (Å²) < 4.78 is 4.73. The van der Waals surface area contributed by atoms with E-state index in [0.29, 0.717) is 5.95 Å². The minimum atomic E-state index is -0.0985. The van der Waals surface area contributed by atoms with Gasteiger partial charge in [-0.25, -0.2) is 9.97 Å². The molecule has 41 heavy (non-hydrogen) atoms. The Morgan fingerprint density at radius 2 is 1.27 bits per heavy atom. The highest BCUT2D eigenvalue weighted by atomic mass is 15.2. The van der Waals surface area contributed by atoms with E-state index in [1.165, 1.54) is 38.6 Å². The predicted molar refractivity (Wildman–Crippen MR) is 168 cm³/mol. The van der Waals surface area contributed by atoms with Gasteiger partial charge in [-0.3, -0.25) is 4.57 Å². The minimum Gasteiger partial charge on any atom is -0.312 e. The van der Waals surface area contributed by atoms with E-state index in [1.807, 2.05) is 6.07 Å². The minimum absolute atomic E-state index is 0.0985. The van der Waals surface area contributed by atoms with E-state index < -0.39 is 0 Å². The number of nitrogens with zero attached hydrogens (tertiary/aromatic N) is 4. The Bertz CT molecular complexity index is 2340. The van der Waals surface area contributed by atoms with Crippen LogP contribution in [0.25, 0.3) is 66.5 Å². The van der Waals surface area contributed by atoms with Crippen LogP contribution in [-0.2, 0) is 5.41 Å². The van der Waals surface area contributed by atoms with Gasteiger partial charge in [-0.2, -0.15) is 0 Å². The lowest BCUT2D eigenvalue weighted by molar-refractivity contribution is 0.645. The number of benzene rings is 5. The second kappa shape index (κ2) is 7.92. The largest absolute Gasteiger partial charge is 0.312 e. The predicted octanol–water partition coefficient (Wildman–Crippen LogP) is 8.98. The van der Waals surface area contributed by atoms with E-state index in [9.17, 15) is 0 Å². The van der Waals surface area contributed by atoms with E-state index in [2.05, 4.69) is 138 Å². The molecule has 4 nitrogen and oxygen atoms in total. The summed E-state index contributed by atoms with van der Waals surface area (Å²) >= 11 is 0. The lowest BCUT2D eigenvalue weighted by Crippen LogP contribution is -2.14. The highest BCUT2D eigenvalue weighted by Gasteiger charge is 2.37. The summed E-state index contributed by atoms with van der Waals surface area (Å²) in [6, 6.07) is 43.1. The third-order valence-electron chi connectivity index (χ3n) is 8.91. The summed E-state index contributed by atoms with van der Waals surface area (Å²) in [5.74, 6) is 0.687. The maximum atomic E-state index is 5.29.